The Hall–Kier alpha value is -4.21. The number of ether oxygens (including phenoxy) is 1. The van der Waals surface area contributed by atoms with Crippen LogP contribution in [0.25, 0.3) is 5.76 Å². The molecule has 1 atom stereocenters. The molecule has 36 heavy (non-hydrogen) atoms. The summed E-state index contributed by atoms with van der Waals surface area (Å²) in [6, 6.07) is 4.54. The Morgan fingerprint density at radius 2 is 1.92 bits per heavy atom. The van der Waals surface area contributed by atoms with E-state index in [-0.39, 0.29) is 30.0 Å². The minimum Gasteiger partial charge on any atom is -0.507 e. The summed E-state index contributed by atoms with van der Waals surface area (Å²) in [5.74, 6) is -3.06. The van der Waals surface area contributed by atoms with E-state index < -0.39 is 35.3 Å². The van der Waals surface area contributed by atoms with Crippen molar-refractivity contribution in [2.24, 2.45) is 0 Å². The monoisotopic (exact) mass is 494 g/mol. The zero-order valence-electron chi connectivity index (χ0n) is 20.2. The van der Waals surface area contributed by atoms with Gasteiger partial charge in [-0.15, -0.1) is 0 Å². The summed E-state index contributed by atoms with van der Waals surface area (Å²) < 4.78 is 20.6. The molecule has 0 unspecified atom stereocenters. The van der Waals surface area contributed by atoms with Gasteiger partial charge >= 0.3 is 5.97 Å². The number of H-pyrrole nitrogens is 1. The first-order valence-electron chi connectivity index (χ1n) is 11.6. The fraction of sp³-hybridized carbons (Fsp3) is 0.308. The molecular formula is C26H27FN4O5. The van der Waals surface area contributed by atoms with Gasteiger partial charge in [0.15, 0.2) is 0 Å². The number of halogens is 1. The minimum absolute atomic E-state index is 0.116. The van der Waals surface area contributed by atoms with Crippen LogP contribution in [-0.2, 0) is 20.9 Å². The molecule has 0 saturated carbocycles. The van der Waals surface area contributed by atoms with Crippen molar-refractivity contribution in [3.05, 3.63) is 82.5 Å². The number of rotatable bonds is 8. The molecule has 188 valence electrons. The third-order valence-electron chi connectivity index (χ3n) is 6.25. The van der Waals surface area contributed by atoms with Gasteiger partial charge in [-0.1, -0.05) is 12.1 Å². The summed E-state index contributed by atoms with van der Waals surface area (Å²) >= 11 is 0. The topological polar surface area (TPSA) is 118 Å². The Balaban J connectivity index is 1.78. The first-order chi connectivity index (χ1) is 17.2. The number of amides is 1. The normalized spacial score (nSPS) is 17.1. The fourth-order valence-electron chi connectivity index (χ4n) is 4.59. The molecule has 9 nitrogen and oxygen atoms in total. The maximum Gasteiger partial charge on any atom is 0.355 e. The summed E-state index contributed by atoms with van der Waals surface area (Å²) in [5, 5.41) is 11.4. The quantitative estimate of drug-likeness (QED) is 0.214. The second-order valence-corrected chi connectivity index (χ2v) is 8.54. The van der Waals surface area contributed by atoms with Gasteiger partial charge in [0.1, 0.15) is 17.3 Å². The lowest BCUT2D eigenvalue weighted by molar-refractivity contribution is -0.139. The molecule has 4 rings (SSSR count). The van der Waals surface area contributed by atoms with Crippen molar-refractivity contribution < 1.29 is 28.6 Å². The number of carbonyl (C=O) groups is 3. The van der Waals surface area contributed by atoms with Gasteiger partial charge in [0.2, 0.25) is 0 Å². The molecule has 0 bridgehead atoms. The van der Waals surface area contributed by atoms with Gasteiger partial charge in [0, 0.05) is 36.7 Å². The van der Waals surface area contributed by atoms with E-state index in [2.05, 4.69) is 9.97 Å². The molecule has 1 aromatic carbocycles. The average Bonchev–Trinajstić information content (AvgIpc) is 3.53. The Morgan fingerprint density at radius 3 is 2.56 bits per heavy atom. The number of Topliss-reactive ketones (excluding diaryl/α,β-unsaturated/α-hetero) is 1. The predicted octanol–water partition coefficient (Wildman–Crippen LogP) is 3.66. The second-order valence-electron chi connectivity index (χ2n) is 8.54. The highest BCUT2D eigenvalue weighted by Gasteiger charge is 2.46. The van der Waals surface area contributed by atoms with Gasteiger partial charge in [-0.05, 0) is 50.5 Å². The van der Waals surface area contributed by atoms with Gasteiger partial charge in [-0.2, -0.15) is 0 Å². The second kappa shape index (κ2) is 10.2. The number of benzene rings is 1. The summed E-state index contributed by atoms with van der Waals surface area (Å²) in [6.07, 6.45) is 5.63. The number of aromatic amines is 1. The molecule has 0 aliphatic carbocycles. The molecule has 0 spiro atoms. The van der Waals surface area contributed by atoms with Crippen molar-refractivity contribution >= 4 is 23.4 Å². The van der Waals surface area contributed by atoms with Gasteiger partial charge in [0.05, 0.1) is 24.5 Å². The van der Waals surface area contributed by atoms with Gasteiger partial charge < -0.3 is 24.3 Å². The fourth-order valence-corrected chi connectivity index (χ4v) is 4.59. The third-order valence-corrected chi connectivity index (χ3v) is 6.25. The number of carbonyl (C=O) groups excluding carboxylic acids is 3. The molecule has 1 aliphatic heterocycles. The van der Waals surface area contributed by atoms with E-state index >= 15 is 0 Å². The number of imidazole rings is 1. The predicted molar refractivity (Wildman–Crippen MR) is 128 cm³/mol. The van der Waals surface area contributed by atoms with E-state index in [0.717, 1.165) is 0 Å². The third kappa shape index (κ3) is 4.53. The number of hydrogen-bond acceptors (Lipinski definition) is 6. The smallest absolute Gasteiger partial charge is 0.355 e. The molecule has 1 aliphatic rings. The Morgan fingerprint density at radius 1 is 1.19 bits per heavy atom. The van der Waals surface area contributed by atoms with E-state index in [1.54, 1.807) is 39.5 Å². The molecule has 1 amide bonds. The molecule has 3 heterocycles. The van der Waals surface area contributed by atoms with Gasteiger partial charge in [-0.25, -0.2) is 14.2 Å². The van der Waals surface area contributed by atoms with E-state index in [9.17, 15) is 23.9 Å². The van der Waals surface area contributed by atoms with Crippen LogP contribution in [0.2, 0.25) is 0 Å². The number of nitrogens with one attached hydrogen (secondary N) is 1. The number of esters is 1. The lowest BCUT2D eigenvalue weighted by Gasteiger charge is -2.25. The van der Waals surface area contributed by atoms with E-state index in [4.69, 9.17) is 4.74 Å². The van der Waals surface area contributed by atoms with Crippen molar-refractivity contribution in [3.63, 3.8) is 0 Å². The molecule has 1 fully saturated rings. The molecule has 0 radical (unpaired) electrons. The van der Waals surface area contributed by atoms with Gasteiger partial charge in [0.25, 0.3) is 11.7 Å². The Kier molecular flexibility index (Phi) is 7.05. The van der Waals surface area contributed by atoms with Crippen LogP contribution in [0, 0.1) is 19.7 Å². The van der Waals surface area contributed by atoms with E-state index in [1.807, 2.05) is 4.57 Å². The molecule has 1 saturated heterocycles. The van der Waals surface area contributed by atoms with E-state index in [0.29, 0.717) is 29.8 Å². The van der Waals surface area contributed by atoms with Crippen LogP contribution in [0.1, 0.15) is 52.3 Å². The number of nitrogens with zero attached hydrogens (tertiary/aromatic N) is 3. The van der Waals surface area contributed by atoms with Crippen molar-refractivity contribution in [1.29, 1.82) is 0 Å². The highest BCUT2D eigenvalue weighted by Crippen LogP contribution is 2.41. The first-order valence-corrected chi connectivity index (χ1v) is 11.6. The van der Waals surface area contributed by atoms with Crippen molar-refractivity contribution in [1.82, 2.24) is 19.4 Å². The SMILES string of the molecule is CCOC(=O)c1[nH]c(C)c(C(O)=C2C(=O)C(=O)N(CCCn3ccnc3)[C@H]2c2ccc(F)cc2)c1C. The molecule has 2 N–H and O–H groups in total. The van der Waals surface area contributed by atoms with Crippen molar-refractivity contribution in [2.75, 3.05) is 13.2 Å². The molecule has 10 heteroatoms. The largest absolute Gasteiger partial charge is 0.507 e. The van der Waals surface area contributed by atoms with Crippen LogP contribution in [0.15, 0.2) is 48.6 Å². The van der Waals surface area contributed by atoms with Crippen molar-refractivity contribution in [3.8, 4) is 0 Å². The maximum atomic E-state index is 13.7. The number of hydrogen-bond donors (Lipinski definition) is 2. The Labute approximate surface area is 207 Å². The maximum absolute atomic E-state index is 13.7. The van der Waals surface area contributed by atoms with Crippen LogP contribution < -0.4 is 0 Å². The summed E-state index contributed by atoms with van der Waals surface area (Å²) in [6.45, 7) is 5.92. The molecule has 2 aromatic heterocycles. The zero-order valence-corrected chi connectivity index (χ0v) is 20.2. The van der Waals surface area contributed by atoms with Crippen LogP contribution in [0.4, 0.5) is 4.39 Å². The highest BCUT2D eigenvalue weighted by atomic mass is 19.1. The Bertz CT molecular complexity index is 1330. The highest BCUT2D eigenvalue weighted by molar-refractivity contribution is 6.46. The zero-order chi connectivity index (χ0) is 26.0. The van der Waals surface area contributed by atoms with Crippen LogP contribution in [0.5, 0.6) is 0 Å². The summed E-state index contributed by atoms with van der Waals surface area (Å²) in [5.41, 5.74) is 1.61. The lowest BCUT2D eigenvalue weighted by Crippen LogP contribution is -2.31. The van der Waals surface area contributed by atoms with Crippen LogP contribution in [-0.4, -0.2) is 55.4 Å². The summed E-state index contributed by atoms with van der Waals surface area (Å²) in [7, 11) is 0. The number of aliphatic hydroxyl groups is 1. The number of aryl methyl sites for hydroxylation is 2. The lowest BCUT2D eigenvalue weighted by atomic mass is 9.94. The van der Waals surface area contributed by atoms with Crippen molar-refractivity contribution in [2.45, 2.75) is 39.8 Å². The number of aromatic nitrogens is 3. The average molecular weight is 495 g/mol. The number of ketones is 1. The molecule has 3 aromatic rings. The standard InChI is InChI=1S/C26H27FN4O5/c1-4-36-26(35)21-15(2)19(16(3)29-21)23(32)20-22(17-6-8-18(27)9-7-17)31(25(34)24(20)33)12-5-11-30-13-10-28-14-30/h6-10,13-14,22,29,32H,4-5,11-12H2,1-3H3/t22-/m0/s1. The van der Waals surface area contributed by atoms with Crippen LogP contribution in [0.3, 0.4) is 0 Å². The first kappa shape index (κ1) is 24.9. The van der Waals surface area contributed by atoms with Crippen LogP contribution >= 0.6 is 0 Å². The summed E-state index contributed by atoms with van der Waals surface area (Å²) in [4.78, 5) is 47.0. The number of aliphatic hydroxyl groups excluding tert-OH is 1. The van der Waals surface area contributed by atoms with E-state index in [1.165, 1.54) is 29.2 Å². The van der Waals surface area contributed by atoms with Gasteiger partial charge in [-0.3, -0.25) is 9.59 Å². The molecular weight excluding hydrogens is 467 g/mol. The number of likely N-dealkylation sites (tertiary alicyclic amines) is 1. The minimum atomic E-state index is -0.923.